The molecular formula is C20H25N3O3. The number of fused-ring (bicyclic) bond motifs is 1. The van der Waals surface area contributed by atoms with Gasteiger partial charge in [0.1, 0.15) is 19.3 Å². The molecule has 1 atom stereocenters. The fraction of sp³-hybridized carbons (Fsp3) is 0.500. The highest BCUT2D eigenvalue weighted by atomic mass is 16.6. The van der Waals surface area contributed by atoms with Crippen molar-refractivity contribution in [3.05, 3.63) is 41.7 Å². The molecule has 4 heterocycles. The van der Waals surface area contributed by atoms with Crippen molar-refractivity contribution in [2.45, 2.75) is 38.8 Å². The molecule has 0 radical (unpaired) electrons. The number of hydrogen-bond acceptors (Lipinski definition) is 6. The van der Waals surface area contributed by atoms with Crippen LogP contribution in [0.3, 0.4) is 0 Å². The zero-order chi connectivity index (χ0) is 17.9. The number of nitrogens with zero attached hydrogens (tertiary/aromatic N) is 3. The van der Waals surface area contributed by atoms with E-state index in [1.54, 1.807) is 6.20 Å². The van der Waals surface area contributed by atoms with Crippen molar-refractivity contribution in [2.75, 3.05) is 26.3 Å². The standard InChI is InChI=1S/C20H25N3O3/c1-14-5-8-21-19(13-14)26-16-6-9-23(10-7-16)15(2)17-3-4-18-20(22-17)25-12-11-24-18/h3-5,8,13,15-16H,6-7,9-12H2,1-2H3. The zero-order valence-electron chi connectivity index (χ0n) is 15.4. The van der Waals surface area contributed by atoms with Gasteiger partial charge in [0.05, 0.1) is 5.69 Å². The second-order valence-corrected chi connectivity index (χ2v) is 6.94. The number of aromatic nitrogens is 2. The summed E-state index contributed by atoms with van der Waals surface area (Å²) in [5.74, 6) is 2.08. The zero-order valence-corrected chi connectivity index (χ0v) is 15.4. The molecule has 0 spiro atoms. The lowest BCUT2D eigenvalue weighted by molar-refractivity contribution is 0.0752. The lowest BCUT2D eigenvalue weighted by atomic mass is 10.0. The molecule has 1 saturated heterocycles. The van der Waals surface area contributed by atoms with Crippen LogP contribution in [0, 0.1) is 6.92 Å². The molecule has 4 rings (SSSR count). The van der Waals surface area contributed by atoms with Crippen molar-refractivity contribution in [2.24, 2.45) is 0 Å². The molecule has 6 heteroatoms. The van der Waals surface area contributed by atoms with Gasteiger partial charge in [-0.1, -0.05) is 0 Å². The molecule has 6 nitrogen and oxygen atoms in total. The van der Waals surface area contributed by atoms with Crippen LogP contribution in [0.4, 0.5) is 0 Å². The Morgan fingerprint density at radius 3 is 2.77 bits per heavy atom. The van der Waals surface area contributed by atoms with Crippen LogP contribution in [0.15, 0.2) is 30.5 Å². The summed E-state index contributed by atoms with van der Waals surface area (Å²) in [5.41, 5.74) is 2.19. The molecule has 26 heavy (non-hydrogen) atoms. The van der Waals surface area contributed by atoms with E-state index >= 15 is 0 Å². The van der Waals surface area contributed by atoms with E-state index in [0.29, 0.717) is 19.1 Å². The number of aryl methyl sites for hydroxylation is 1. The van der Waals surface area contributed by atoms with E-state index in [2.05, 4.69) is 28.7 Å². The Bertz CT molecular complexity index is 760. The van der Waals surface area contributed by atoms with Gasteiger partial charge in [0.25, 0.3) is 5.88 Å². The Labute approximate surface area is 154 Å². The van der Waals surface area contributed by atoms with Gasteiger partial charge in [-0.25, -0.2) is 9.97 Å². The van der Waals surface area contributed by atoms with Crippen molar-refractivity contribution >= 4 is 0 Å². The highest BCUT2D eigenvalue weighted by Crippen LogP contribution is 2.31. The lowest BCUT2D eigenvalue weighted by Crippen LogP contribution is -2.40. The summed E-state index contributed by atoms with van der Waals surface area (Å²) in [4.78, 5) is 11.4. The Morgan fingerprint density at radius 1 is 1.15 bits per heavy atom. The topological polar surface area (TPSA) is 56.7 Å². The van der Waals surface area contributed by atoms with Crippen molar-refractivity contribution in [3.8, 4) is 17.5 Å². The summed E-state index contributed by atoms with van der Waals surface area (Å²) in [6.07, 6.45) is 4.01. The minimum atomic E-state index is 0.223. The predicted molar refractivity (Wildman–Crippen MR) is 97.8 cm³/mol. The minimum absolute atomic E-state index is 0.223. The number of ether oxygens (including phenoxy) is 3. The van der Waals surface area contributed by atoms with E-state index in [4.69, 9.17) is 14.2 Å². The summed E-state index contributed by atoms with van der Waals surface area (Å²) >= 11 is 0. The van der Waals surface area contributed by atoms with Crippen LogP contribution in [-0.4, -0.2) is 47.3 Å². The number of pyridine rings is 2. The van der Waals surface area contributed by atoms with Crippen LogP contribution >= 0.6 is 0 Å². The third-order valence-corrected chi connectivity index (χ3v) is 5.06. The summed E-state index contributed by atoms with van der Waals surface area (Å²) in [6.45, 7) is 7.36. The highest BCUT2D eigenvalue weighted by molar-refractivity contribution is 5.36. The molecule has 2 aliphatic heterocycles. The van der Waals surface area contributed by atoms with E-state index < -0.39 is 0 Å². The van der Waals surface area contributed by atoms with Crippen molar-refractivity contribution in [1.29, 1.82) is 0 Å². The second kappa shape index (κ2) is 7.50. The fourth-order valence-corrected chi connectivity index (χ4v) is 3.49. The summed E-state index contributed by atoms with van der Waals surface area (Å²) in [6, 6.07) is 8.22. The third kappa shape index (κ3) is 3.75. The van der Waals surface area contributed by atoms with Gasteiger partial charge in [-0.3, -0.25) is 4.90 Å². The van der Waals surface area contributed by atoms with Crippen LogP contribution in [0.1, 0.15) is 37.1 Å². The molecule has 0 bridgehead atoms. The Kier molecular flexibility index (Phi) is 4.93. The predicted octanol–water partition coefficient (Wildman–Crippen LogP) is 3.16. The van der Waals surface area contributed by atoms with Crippen molar-refractivity contribution in [3.63, 3.8) is 0 Å². The molecule has 0 N–H and O–H groups in total. The summed E-state index contributed by atoms with van der Waals surface area (Å²) in [7, 11) is 0. The Hall–Kier alpha value is -2.34. The van der Waals surface area contributed by atoms with Crippen LogP contribution in [0.2, 0.25) is 0 Å². The first-order valence-electron chi connectivity index (χ1n) is 9.29. The summed E-state index contributed by atoms with van der Waals surface area (Å²) < 4.78 is 17.2. The van der Waals surface area contributed by atoms with Crippen LogP contribution in [0.5, 0.6) is 17.5 Å². The highest BCUT2D eigenvalue weighted by Gasteiger charge is 2.26. The molecule has 1 unspecified atom stereocenters. The molecule has 2 aliphatic rings. The van der Waals surface area contributed by atoms with Gasteiger partial charge in [0, 0.05) is 31.4 Å². The van der Waals surface area contributed by atoms with E-state index in [9.17, 15) is 0 Å². The van der Waals surface area contributed by atoms with Gasteiger partial charge in [-0.15, -0.1) is 0 Å². The average Bonchev–Trinajstić information content (AvgIpc) is 2.68. The molecule has 138 valence electrons. The number of hydrogen-bond donors (Lipinski definition) is 0. The molecule has 2 aromatic rings. The molecular weight excluding hydrogens is 330 g/mol. The van der Waals surface area contributed by atoms with E-state index in [0.717, 1.165) is 43.3 Å². The molecule has 0 amide bonds. The number of piperidine rings is 1. The van der Waals surface area contributed by atoms with Gasteiger partial charge < -0.3 is 14.2 Å². The first-order valence-corrected chi connectivity index (χ1v) is 9.29. The largest absolute Gasteiger partial charge is 0.484 e. The lowest BCUT2D eigenvalue weighted by Gasteiger charge is -2.35. The van der Waals surface area contributed by atoms with Gasteiger partial charge in [-0.2, -0.15) is 0 Å². The quantitative estimate of drug-likeness (QED) is 0.840. The maximum atomic E-state index is 6.05. The van der Waals surface area contributed by atoms with Crippen LogP contribution < -0.4 is 14.2 Å². The smallest absolute Gasteiger partial charge is 0.257 e. The molecule has 0 saturated carbocycles. The van der Waals surface area contributed by atoms with Gasteiger partial charge in [-0.05, 0) is 50.5 Å². The second-order valence-electron chi connectivity index (χ2n) is 6.94. The third-order valence-electron chi connectivity index (χ3n) is 5.06. The molecule has 1 fully saturated rings. The maximum absolute atomic E-state index is 6.05. The van der Waals surface area contributed by atoms with Crippen LogP contribution in [0.25, 0.3) is 0 Å². The Balaban J connectivity index is 1.35. The molecule has 0 aliphatic carbocycles. The van der Waals surface area contributed by atoms with Gasteiger partial charge >= 0.3 is 0 Å². The van der Waals surface area contributed by atoms with Crippen LogP contribution in [-0.2, 0) is 0 Å². The normalized spacial score (nSPS) is 19.2. The van der Waals surface area contributed by atoms with Crippen molar-refractivity contribution in [1.82, 2.24) is 14.9 Å². The Morgan fingerprint density at radius 2 is 1.96 bits per heavy atom. The van der Waals surface area contributed by atoms with E-state index in [-0.39, 0.29) is 12.1 Å². The van der Waals surface area contributed by atoms with Crippen molar-refractivity contribution < 1.29 is 14.2 Å². The fourth-order valence-electron chi connectivity index (χ4n) is 3.49. The first-order chi connectivity index (χ1) is 12.7. The van der Waals surface area contributed by atoms with E-state index in [1.807, 2.05) is 24.3 Å². The van der Waals surface area contributed by atoms with E-state index in [1.165, 1.54) is 5.56 Å². The first kappa shape index (κ1) is 17.1. The monoisotopic (exact) mass is 355 g/mol. The van der Waals surface area contributed by atoms with Gasteiger partial charge in [0.2, 0.25) is 5.88 Å². The SMILES string of the molecule is Cc1ccnc(OC2CCN(C(C)c3ccc4c(n3)OCCO4)CC2)c1. The minimum Gasteiger partial charge on any atom is -0.484 e. The average molecular weight is 355 g/mol. The number of likely N-dealkylation sites (tertiary alicyclic amines) is 1. The van der Waals surface area contributed by atoms with Gasteiger partial charge in [0.15, 0.2) is 5.75 Å². The molecule has 2 aromatic heterocycles. The maximum Gasteiger partial charge on any atom is 0.257 e. The summed E-state index contributed by atoms with van der Waals surface area (Å²) in [5, 5.41) is 0. The molecule has 0 aromatic carbocycles. The number of rotatable bonds is 4.